The quantitative estimate of drug-likeness (QED) is 0.608. The van der Waals surface area contributed by atoms with Gasteiger partial charge in [-0.1, -0.05) is 12.2 Å². The number of esters is 1. The molecule has 4 unspecified atom stereocenters. The van der Waals surface area contributed by atoms with Crippen LogP contribution in [0.5, 0.6) is 0 Å². The molecule has 0 spiro atoms. The third-order valence-electron chi connectivity index (χ3n) is 5.42. The van der Waals surface area contributed by atoms with Gasteiger partial charge in [-0.2, -0.15) is 0 Å². The van der Waals surface area contributed by atoms with Crippen molar-refractivity contribution in [3.63, 3.8) is 0 Å². The van der Waals surface area contributed by atoms with E-state index in [1.807, 2.05) is 19.1 Å². The SMILES string of the molecule is COC(=O)C12CC1/C=C\CCC(=O)C1=C(C)C(OC)CC1C(=O)N2. The van der Waals surface area contributed by atoms with E-state index in [2.05, 4.69) is 5.32 Å². The number of hydrogen-bond donors (Lipinski definition) is 1. The summed E-state index contributed by atoms with van der Waals surface area (Å²) in [6.07, 6.45) is 5.52. The van der Waals surface area contributed by atoms with E-state index in [1.54, 1.807) is 7.11 Å². The molecular formula is C18H23NO5. The Hall–Kier alpha value is -1.95. The van der Waals surface area contributed by atoms with Crippen LogP contribution in [0.15, 0.2) is 23.3 Å². The topological polar surface area (TPSA) is 81.7 Å². The van der Waals surface area contributed by atoms with Crippen LogP contribution in [0.4, 0.5) is 0 Å². The molecule has 1 saturated carbocycles. The van der Waals surface area contributed by atoms with Gasteiger partial charge in [0.05, 0.1) is 19.1 Å². The minimum atomic E-state index is -0.986. The van der Waals surface area contributed by atoms with Crippen LogP contribution in [0.3, 0.4) is 0 Å². The maximum absolute atomic E-state index is 12.9. The highest BCUT2D eigenvalue weighted by Crippen LogP contribution is 2.47. The summed E-state index contributed by atoms with van der Waals surface area (Å²) in [6, 6.07) is 0. The van der Waals surface area contributed by atoms with Crippen LogP contribution in [-0.2, 0) is 23.9 Å². The van der Waals surface area contributed by atoms with Crippen LogP contribution in [0.25, 0.3) is 0 Å². The number of rotatable bonds is 2. The first-order valence-corrected chi connectivity index (χ1v) is 8.28. The number of nitrogens with one attached hydrogen (secondary N) is 1. The number of Topliss-reactive ketones (excluding diaryl/α,β-unsaturated/α-hetero) is 1. The molecule has 0 saturated heterocycles. The number of ether oxygens (including phenoxy) is 2. The molecule has 1 amide bonds. The first-order chi connectivity index (χ1) is 11.4. The van der Waals surface area contributed by atoms with Crippen LogP contribution in [-0.4, -0.2) is 43.5 Å². The average molecular weight is 333 g/mol. The molecule has 0 bridgehead atoms. The number of ketones is 1. The van der Waals surface area contributed by atoms with Gasteiger partial charge in [-0.25, -0.2) is 4.79 Å². The van der Waals surface area contributed by atoms with Crippen LogP contribution >= 0.6 is 0 Å². The predicted molar refractivity (Wildman–Crippen MR) is 86.0 cm³/mol. The Bertz CT molecular complexity index is 650. The smallest absolute Gasteiger partial charge is 0.332 e. The van der Waals surface area contributed by atoms with Crippen molar-refractivity contribution in [1.82, 2.24) is 5.32 Å². The summed E-state index contributed by atoms with van der Waals surface area (Å²) in [4.78, 5) is 37.6. The number of fused-ring (bicyclic) bond motifs is 2. The van der Waals surface area contributed by atoms with Crippen LogP contribution < -0.4 is 5.32 Å². The maximum atomic E-state index is 12.9. The zero-order chi connectivity index (χ0) is 17.5. The van der Waals surface area contributed by atoms with Gasteiger partial charge in [0.1, 0.15) is 5.54 Å². The van der Waals surface area contributed by atoms with Gasteiger partial charge in [0.2, 0.25) is 5.91 Å². The molecule has 2 aliphatic carbocycles. The standard InChI is InChI=1S/C18H23NO5/c1-10-14(23-2)8-12-15(10)13(20)7-5-4-6-11-9-18(11,17(22)24-3)19-16(12)21/h4,6,11-12,14H,5,7-9H2,1-3H3,(H,19,21)/b6-4-. The molecule has 0 aromatic heterocycles. The van der Waals surface area contributed by atoms with E-state index in [4.69, 9.17) is 9.47 Å². The number of allylic oxidation sites excluding steroid dienone is 1. The molecule has 4 atom stereocenters. The second-order valence-electron chi connectivity index (χ2n) is 6.76. The Labute approximate surface area is 141 Å². The largest absolute Gasteiger partial charge is 0.467 e. The van der Waals surface area contributed by atoms with Crippen molar-refractivity contribution in [1.29, 1.82) is 0 Å². The highest BCUT2D eigenvalue weighted by molar-refractivity contribution is 6.04. The predicted octanol–water partition coefficient (Wildman–Crippen LogP) is 1.30. The van der Waals surface area contributed by atoms with Gasteiger partial charge in [0.15, 0.2) is 5.78 Å². The van der Waals surface area contributed by atoms with E-state index in [9.17, 15) is 14.4 Å². The summed E-state index contributed by atoms with van der Waals surface area (Å²) in [5.41, 5.74) is 0.386. The molecule has 0 radical (unpaired) electrons. The first kappa shape index (κ1) is 16.9. The Balaban J connectivity index is 1.95. The van der Waals surface area contributed by atoms with E-state index in [0.717, 1.165) is 5.57 Å². The van der Waals surface area contributed by atoms with E-state index in [1.165, 1.54) is 7.11 Å². The van der Waals surface area contributed by atoms with E-state index in [0.29, 0.717) is 31.3 Å². The fourth-order valence-electron chi connectivity index (χ4n) is 3.93. The fourth-order valence-corrected chi connectivity index (χ4v) is 3.93. The van der Waals surface area contributed by atoms with E-state index < -0.39 is 17.4 Å². The fraction of sp³-hybridized carbons (Fsp3) is 0.611. The van der Waals surface area contributed by atoms with Gasteiger partial charge in [0, 0.05) is 25.0 Å². The van der Waals surface area contributed by atoms with Gasteiger partial charge in [0.25, 0.3) is 0 Å². The zero-order valence-corrected chi connectivity index (χ0v) is 14.3. The third kappa shape index (κ3) is 2.59. The Morgan fingerprint density at radius 3 is 2.75 bits per heavy atom. The van der Waals surface area contributed by atoms with Crippen LogP contribution in [0, 0.1) is 11.8 Å². The average Bonchev–Trinajstić information content (AvgIpc) is 3.15. The summed E-state index contributed by atoms with van der Waals surface area (Å²) in [7, 11) is 2.90. The van der Waals surface area contributed by atoms with Gasteiger partial charge in [-0.05, 0) is 31.8 Å². The summed E-state index contributed by atoms with van der Waals surface area (Å²) in [5, 5.41) is 2.87. The molecule has 1 fully saturated rings. The van der Waals surface area contributed by atoms with Crippen molar-refractivity contribution in [2.75, 3.05) is 14.2 Å². The highest BCUT2D eigenvalue weighted by atomic mass is 16.5. The normalized spacial score (nSPS) is 37.0. The van der Waals surface area contributed by atoms with E-state index in [-0.39, 0.29) is 23.7 Å². The van der Waals surface area contributed by atoms with E-state index >= 15 is 0 Å². The first-order valence-electron chi connectivity index (χ1n) is 8.28. The molecule has 1 aliphatic heterocycles. The number of carbonyl (C=O) groups excluding carboxylic acids is 3. The molecule has 130 valence electrons. The number of carbonyl (C=O) groups is 3. The second kappa shape index (κ2) is 6.16. The maximum Gasteiger partial charge on any atom is 0.332 e. The second-order valence-corrected chi connectivity index (χ2v) is 6.76. The molecular weight excluding hydrogens is 310 g/mol. The Morgan fingerprint density at radius 1 is 1.33 bits per heavy atom. The monoisotopic (exact) mass is 333 g/mol. The highest BCUT2D eigenvalue weighted by Gasteiger charge is 2.61. The molecule has 24 heavy (non-hydrogen) atoms. The Morgan fingerprint density at radius 2 is 2.08 bits per heavy atom. The zero-order valence-electron chi connectivity index (χ0n) is 14.3. The lowest BCUT2D eigenvalue weighted by atomic mass is 9.93. The lowest BCUT2D eigenvalue weighted by molar-refractivity contribution is -0.147. The number of amides is 1. The van der Waals surface area contributed by atoms with Gasteiger partial charge in [-0.3, -0.25) is 9.59 Å². The van der Waals surface area contributed by atoms with Crippen molar-refractivity contribution in [2.24, 2.45) is 11.8 Å². The molecule has 6 nitrogen and oxygen atoms in total. The van der Waals surface area contributed by atoms with Crippen molar-refractivity contribution >= 4 is 17.7 Å². The van der Waals surface area contributed by atoms with Crippen molar-refractivity contribution in [2.45, 2.75) is 44.2 Å². The van der Waals surface area contributed by atoms with Crippen LogP contribution in [0.2, 0.25) is 0 Å². The molecule has 1 heterocycles. The lowest BCUT2D eigenvalue weighted by Gasteiger charge is -2.20. The third-order valence-corrected chi connectivity index (χ3v) is 5.42. The summed E-state index contributed by atoms with van der Waals surface area (Å²) < 4.78 is 10.3. The number of methoxy groups -OCH3 is 2. The van der Waals surface area contributed by atoms with Crippen molar-refractivity contribution in [3.8, 4) is 0 Å². The Kier molecular flexibility index (Phi) is 4.34. The lowest BCUT2D eigenvalue weighted by Crippen LogP contribution is -2.48. The molecule has 0 aromatic rings. The van der Waals surface area contributed by atoms with Crippen molar-refractivity contribution in [3.05, 3.63) is 23.3 Å². The number of hydrogen-bond acceptors (Lipinski definition) is 5. The molecule has 3 aliphatic rings. The summed E-state index contributed by atoms with van der Waals surface area (Å²) in [5.74, 6) is -1.38. The van der Waals surface area contributed by atoms with Crippen molar-refractivity contribution < 1.29 is 23.9 Å². The van der Waals surface area contributed by atoms with Gasteiger partial charge < -0.3 is 14.8 Å². The molecule has 1 N–H and O–H groups in total. The molecule has 6 heteroatoms. The van der Waals surface area contributed by atoms with Crippen LogP contribution in [0.1, 0.15) is 32.6 Å². The summed E-state index contributed by atoms with van der Waals surface area (Å²) >= 11 is 0. The summed E-state index contributed by atoms with van der Waals surface area (Å²) in [6.45, 7) is 1.85. The molecule has 3 rings (SSSR count). The minimum absolute atomic E-state index is 0.0143. The van der Waals surface area contributed by atoms with Gasteiger partial charge >= 0.3 is 5.97 Å². The van der Waals surface area contributed by atoms with Gasteiger partial charge in [-0.15, -0.1) is 0 Å². The minimum Gasteiger partial charge on any atom is -0.467 e. The molecule has 0 aromatic carbocycles.